The summed E-state index contributed by atoms with van der Waals surface area (Å²) in [6, 6.07) is 9.42. The van der Waals surface area contributed by atoms with Crippen molar-refractivity contribution in [2.45, 2.75) is 40.2 Å². The Balaban J connectivity index is 1.91. The molecule has 1 aromatic heterocycles. The molecular weight excluding hydrogens is 328 g/mol. The average molecular weight is 356 g/mol. The Morgan fingerprint density at radius 1 is 1.19 bits per heavy atom. The van der Waals surface area contributed by atoms with Crippen molar-refractivity contribution in [1.82, 2.24) is 9.88 Å². The fourth-order valence-electron chi connectivity index (χ4n) is 3.15. The highest BCUT2D eigenvalue weighted by Gasteiger charge is 2.25. The quantitative estimate of drug-likeness (QED) is 0.548. The van der Waals surface area contributed by atoms with Gasteiger partial charge in [-0.05, 0) is 58.9 Å². The minimum Gasteiger partial charge on any atom is -0.494 e. The summed E-state index contributed by atoms with van der Waals surface area (Å²) in [6.45, 7) is 8.43. The van der Waals surface area contributed by atoms with Crippen molar-refractivity contribution in [3.8, 4) is 5.75 Å². The minimum atomic E-state index is -0.275. The molecule has 5 nitrogen and oxygen atoms in total. The number of aromatic amines is 1. The Morgan fingerprint density at radius 3 is 2.42 bits per heavy atom. The van der Waals surface area contributed by atoms with Gasteiger partial charge in [0, 0.05) is 17.8 Å². The molecule has 0 aliphatic heterocycles. The molecule has 1 unspecified atom stereocenters. The standard InChI is InChI=1S/C21H28N2O3/c1-14-19(17(4)24)15(2)22-20(14)21(25)16(3)23(5)12-9-13-26-18-10-7-6-8-11-18/h6-8,10-11,16,22H,9,12-13H2,1-5H3. The van der Waals surface area contributed by atoms with Crippen LogP contribution >= 0.6 is 0 Å². The molecule has 2 rings (SSSR count). The number of ether oxygens (including phenoxy) is 1. The summed E-state index contributed by atoms with van der Waals surface area (Å²) in [6.07, 6.45) is 0.824. The normalized spacial score (nSPS) is 12.2. The molecule has 1 heterocycles. The van der Waals surface area contributed by atoms with E-state index in [2.05, 4.69) is 4.98 Å². The molecular formula is C21H28N2O3. The Kier molecular flexibility index (Phi) is 6.75. The van der Waals surface area contributed by atoms with Gasteiger partial charge in [-0.2, -0.15) is 0 Å². The lowest BCUT2D eigenvalue weighted by Crippen LogP contribution is -2.37. The SMILES string of the molecule is CC(=O)c1c(C)[nH]c(C(=O)C(C)N(C)CCCOc2ccccc2)c1C. The maximum Gasteiger partial charge on any atom is 0.196 e. The number of Topliss-reactive ketones (excluding diaryl/α,β-unsaturated/α-hetero) is 2. The van der Waals surface area contributed by atoms with E-state index in [4.69, 9.17) is 4.74 Å². The molecule has 0 amide bonds. The molecule has 0 saturated heterocycles. The number of hydrogen-bond donors (Lipinski definition) is 1. The molecule has 0 spiro atoms. The predicted molar refractivity (Wildman–Crippen MR) is 103 cm³/mol. The van der Waals surface area contributed by atoms with Crippen molar-refractivity contribution in [2.75, 3.05) is 20.2 Å². The van der Waals surface area contributed by atoms with Crippen LogP contribution in [0, 0.1) is 13.8 Å². The maximum atomic E-state index is 12.8. The number of carbonyl (C=O) groups excluding carboxylic acids is 2. The zero-order chi connectivity index (χ0) is 19.3. The second-order valence-electron chi connectivity index (χ2n) is 6.72. The summed E-state index contributed by atoms with van der Waals surface area (Å²) in [7, 11) is 1.93. The molecule has 26 heavy (non-hydrogen) atoms. The van der Waals surface area contributed by atoms with Gasteiger partial charge in [0.05, 0.1) is 18.3 Å². The largest absolute Gasteiger partial charge is 0.494 e. The van der Waals surface area contributed by atoms with Crippen LogP contribution in [0.2, 0.25) is 0 Å². The number of carbonyl (C=O) groups is 2. The van der Waals surface area contributed by atoms with E-state index in [1.807, 2.05) is 63.1 Å². The van der Waals surface area contributed by atoms with Crippen LogP contribution in [0.25, 0.3) is 0 Å². The zero-order valence-corrected chi connectivity index (χ0v) is 16.3. The van der Waals surface area contributed by atoms with Crippen molar-refractivity contribution < 1.29 is 14.3 Å². The molecule has 0 radical (unpaired) electrons. The lowest BCUT2D eigenvalue weighted by atomic mass is 10.0. The van der Waals surface area contributed by atoms with E-state index in [1.165, 1.54) is 6.92 Å². The fourth-order valence-corrected chi connectivity index (χ4v) is 3.15. The molecule has 0 aliphatic carbocycles. The number of benzene rings is 1. The molecule has 0 aliphatic rings. The van der Waals surface area contributed by atoms with Crippen LogP contribution in [0.15, 0.2) is 30.3 Å². The Labute approximate surface area is 155 Å². The van der Waals surface area contributed by atoms with E-state index >= 15 is 0 Å². The minimum absolute atomic E-state index is 0.00424. The monoisotopic (exact) mass is 356 g/mol. The molecule has 1 N–H and O–H groups in total. The molecule has 140 valence electrons. The molecule has 0 bridgehead atoms. The smallest absolute Gasteiger partial charge is 0.196 e. The summed E-state index contributed by atoms with van der Waals surface area (Å²) in [4.78, 5) is 29.7. The van der Waals surface area contributed by atoms with Crippen LogP contribution in [0.3, 0.4) is 0 Å². The highest BCUT2D eigenvalue weighted by atomic mass is 16.5. The number of nitrogens with zero attached hydrogens (tertiary/aromatic N) is 1. The number of H-pyrrole nitrogens is 1. The number of aryl methyl sites for hydroxylation is 1. The number of para-hydroxylation sites is 1. The summed E-state index contributed by atoms with van der Waals surface area (Å²) in [5.74, 6) is 0.840. The van der Waals surface area contributed by atoms with Crippen molar-refractivity contribution >= 4 is 11.6 Å². The van der Waals surface area contributed by atoms with E-state index in [-0.39, 0.29) is 17.6 Å². The van der Waals surface area contributed by atoms with Gasteiger partial charge in [0.25, 0.3) is 0 Å². The molecule has 2 aromatic rings. The van der Waals surface area contributed by atoms with Crippen LogP contribution < -0.4 is 4.74 Å². The third kappa shape index (κ3) is 4.61. The first-order chi connectivity index (χ1) is 12.3. The first-order valence-corrected chi connectivity index (χ1v) is 8.95. The molecule has 1 aromatic carbocycles. The molecule has 5 heteroatoms. The Bertz CT molecular complexity index is 765. The van der Waals surface area contributed by atoms with Gasteiger partial charge < -0.3 is 9.72 Å². The van der Waals surface area contributed by atoms with Crippen molar-refractivity contribution in [2.24, 2.45) is 0 Å². The lowest BCUT2D eigenvalue weighted by molar-refractivity contribution is 0.0857. The van der Waals surface area contributed by atoms with E-state index in [1.54, 1.807) is 0 Å². The second kappa shape index (κ2) is 8.81. The van der Waals surface area contributed by atoms with Crippen LogP contribution in [0.4, 0.5) is 0 Å². The lowest BCUT2D eigenvalue weighted by Gasteiger charge is -2.23. The first-order valence-electron chi connectivity index (χ1n) is 8.95. The van der Waals surface area contributed by atoms with Gasteiger partial charge in [-0.3, -0.25) is 14.5 Å². The number of ketones is 2. The first kappa shape index (κ1) is 19.9. The van der Waals surface area contributed by atoms with Gasteiger partial charge in [-0.1, -0.05) is 18.2 Å². The number of rotatable bonds is 9. The fraction of sp³-hybridized carbons (Fsp3) is 0.429. The zero-order valence-electron chi connectivity index (χ0n) is 16.3. The van der Waals surface area contributed by atoms with Crippen LogP contribution in [-0.2, 0) is 0 Å². The van der Waals surface area contributed by atoms with E-state index < -0.39 is 0 Å². The summed E-state index contributed by atoms with van der Waals surface area (Å²) in [5, 5.41) is 0. The maximum absolute atomic E-state index is 12.8. The van der Waals surface area contributed by atoms with Crippen LogP contribution in [0.5, 0.6) is 5.75 Å². The molecule has 0 saturated carbocycles. The third-order valence-electron chi connectivity index (χ3n) is 4.74. The Hall–Kier alpha value is -2.40. The highest BCUT2D eigenvalue weighted by molar-refractivity contribution is 6.05. The number of likely N-dealkylation sites (N-methyl/N-ethyl adjacent to an activating group) is 1. The Morgan fingerprint density at radius 2 is 1.85 bits per heavy atom. The van der Waals surface area contributed by atoms with E-state index in [9.17, 15) is 9.59 Å². The third-order valence-corrected chi connectivity index (χ3v) is 4.74. The van der Waals surface area contributed by atoms with Gasteiger partial charge in [0.15, 0.2) is 11.6 Å². The van der Waals surface area contributed by atoms with Crippen molar-refractivity contribution in [3.63, 3.8) is 0 Å². The van der Waals surface area contributed by atoms with Crippen molar-refractivity contribution in [1.29, 1.82) is 0 Å². The van der Waals surface area contributed by atoms with E-state index in [0.717, 1.165) is 30.0 Å². The van der Waals surface area contributed by atoms with Gasteiger partial charge in [0.1, 0.15) is 5.75 Å². The number of hydrogen-bond acceptors (Lipinski definition) is 4. The predicted octanol–water partition coefficient (Wildman–Crippen LogP) is 3.81. The number of aromatic nitrogens is 1. The van der Waals surface area contributed by atoms with Crippen molar-refractivity contribution in [3.05, 3.63) is 52.8 Å². The molecule has 0 fully saturated rings. The topological polar surface area (TPSA) is 62.4 Å². The molecule has 1 atom stereocenters. The summed E-state index contributed by atoms with van der Waals surface area (Å²) in [5.41, 5.74) is 2.66. The average Bonchev–Trinajstić information content (AvgIpc) is 2.92. The highest BCUT2D eigenvalue weighted by Crippen LogP contribution is 2.20. The van der Waals surface area contributed by atoms with E-state index in [0.29, 0.717) is 17.9 Å². The van der Waals surface area contributed by atoms with Gasteiger partial charge in [-0.25, -0.2) is 0 Å². The number of nitrogens with one attached hydrogen (secondary N) is 1. The van der Waals surface area contributed by atoms with Crippen LogP contribution in [-0.4, -0.2) is 47.7 Å². The van der Waals surface area contributed by atoms with Gasteiger partial charge in [-0.15, -0.1) is 0 Å². The second-order valence-corrected chi connectivity index (χ2v) is 6.72. The summed E-state index contributed by atoms with van der Waals surface area (Å²) >= 11 is 0. The van der Waals surface area contributed by atoms with Crippen LogP contribution in [0.1, 0.15) is 52.4 Å². The van der Waals surface area contributed by atoms with Gasteiger partial charge >= 0.3 is 0 Å². The van der Waals surface area contributed by atoms with Gasteiger partial charge in [0.2, 0.25) is 0 Å². The summed E-state index contributed by atoms with van der Waals surface area (Å²) < 4.78 is 5.69.